The predicted molar refractivity (Wildman–Crippen MR) is 107 cm³/mol. The van der Waals surface area contributed by atoms with E-state index < -0.39 is 11.9 Å². The Kier molecular flexibility index (Phi) is 6.61. The molecule has 0 unspecified atom stereocenters. The fourth-order valence-corrected chi connectivity index (χ4v) is 2.85. The Bertz CT molecular complexity index is 1000. The molecule has 2 aromatic carbocycles. The van der Waals surface area contributed by atoms with Crippen molar-refractivity contribution in [2.45, 2.75) is 32.7 Å². The van der Waals surface area contributed by atoms with Crippen LogP contribution in [0.5, 0.6) is 5.75 Å². The molecule has 0 fully saturated rings. The maximum atomic E-state index is 14.7. The van der Waals surface area contributed by atoms with E-state index in [4.69, 9.17) is 26.5 Å². The molecule has 3 rings (SSSR count). The molecule has 1 heterocycles. The molecule has 0 aliphatic heterocycles. The molecule has 3 aromatic rings. The summed E-state index contributed by atoms with van der Waals surface area (Å²) in [6.45, 7) is 2.98. The average Bonchev–Trinajstić information content (AvgIpc) is 3.12. The number of nitrogens with zero attached hydrogens (tertiary/aromatic N) is 2. The van der Waals surface area contributed by atoms with Gasteiger partial charge in [0.15, 0.2) is 0 Å². The maximum absolute atomic E-state index is 14.7. The first-order valence-electron chi connectivity index (χ1n) is 9.09. The van der Waals surface area contributed by atoms with Crippen LogP contribution in [0.1, 0.15) is 23.9 Å². The molecule has 8 heteroatoms. The number of nitrogens with two attached hydrogens (primary N) is 1. The lowest BCUT2D eigenvalue weighted by Crippen LogP contribution is -2.34. The van der Waals surface area contributed by atoms with E-state index in [1.807, 2.05) is 24.3 Å². The molecule has 152 valence electrons. The zero-order valence-corrected chi connectivity index (χ0v) is 16.9. The number of ketones is 1. The maximum Gasteiger partial charge on any atom is 0.250 e. The van der Waals surface area contributed by atoms with Crippen molar-refractivity contribution in [3.05, 3.63) is 64.3 Å². The number of rotatable bonds is 8. The molecule has 0 aliphatic rings. The van der Waals surface area contributed by atoms with Gasteiger partial charge in [0.1, 0.15) is 24.0 Å². The molecular formula is C21H21ClFN3O3. The normalized spacial score (nSPS) is 12.0. The molecule has 0 saturated heterocycles. The van der Waals surface area contributed by atoms with Gasteiger partial charge in [0.2, 0.25) is 5.89 Å². The van der Waals surface area contributed by atoms with Crippen LogP contribution in [0.25, 0.3) is 11.5 Å². The van der Waals surface area contributed by atoms with Gasteiger partial charge in [-0.1, -0.05) is 23.7 Å². The molecule has 0 radical (unpaired) electrons. The minimum absolute atomic E-state index is 0.0399. The Labute approximate surface area is 172 Å². The standard InChI is InChI=1S/C21H21ClFN3O3/c1-12(27)19(24)11-28-20-10-18(23)17(21-26-25-13(2)29-21)9-15(20)6-3-14-4-7-16(22)8-5-14/h4-5,7-10,19H,3,6,11,24H2,1-2H3/t19-/m0/s1. The van der Waals surface area contributed by atoms with Crippen LogP contribution >= 0.6 is 11.6 Å². The smallest absolute Gasteiger partial charge is 0.250 e. The lowest BCUT2D eigenvalue weighted by molar-refractivity contribution is -0.118. The Morgan fingerprint density at radius 1 is 1.24 bits per heavy atom. The summed E-state index contributed by atoms with van der Waals surface area (Å²) >= 11 is 5.93. The number of ether oxygens (including phenoxy) is 1. The molecule has 2 N–H and O–H groups in total. The van der Waals surface area contributed by atoms with Crippen molar-refractivity contribution in [2.75, 3.05) is 6.61 Å². The van der Waals surface area contributed by atoms with Gasteiger partial charge in [-0.05, 0) is 49.1 Å². The summed E-state index contributed by atoms with van der Waals surface area (Å²) in [5, 5.41) is 8.31. The number of aryl methyl sites for hydroxylation is 3. The van der Waals surface area contributed by atoms with Crippen molar-refractivity contribution in [3.63, 3.8) is 0 Å². The predicted octanol–water partition coefficient (Wildman–Crippen LogP) is 3.92. The molecule has 0 aliphatic carbocycles. The second kappa shape index (κ2) is 9.15. The van der Waals surface area contributed by atoms with Gasteiger partial charge in [0.05, 0.1) is 11.6 Å². The zero-order chi connectivity index (χ0) is 21.0. The Balaban J connectivity index is 1.89. The SMILES string of the molecule is CC(=O)[C@@H](N)COc1cc(F)c(-c2nnc(C)o2)cc1CCc1ccc(Cl)cc1. The van der Waals surface area contributed by atoms with E-state index >= 15 is 0 Å². The van der Waals surface area contributed by atoms with Gasteiger partial charge in [-0.15, -0.1) is 10.2 Å². The fraction of sp³-hybridized carbons (Fsp3) is 0.286. The molecule has 0 spiro atoms. The second-order valence-electron chi connectivity index (χ2n) is 6.72. The van der Waals surface area contributed by atoms with Gasteiger partial charge in [-0.3, -0.25) is 4.79 Å². The number of benzene rings is 2. The molecule has 6 nitrogen and oxygen atoms in total. The summed E-state index contributed by atoms with van der Waals surface area (Å²) in [6, 6.07) is 9.61. The highest BCUT2D eigenvalue weighted by Crippen LogP contribution is 2.30. The van der Waals surface area contributed by atoms with Crippen LogP contribution in [0, 0.1) is 12.7 Å². The third kappa shape index (κ3) is 5.40. The van der Waals surface area contributed by atoms with Crippen molar-refractivity contribution in [3.8, 4) is 17.2 Å². The fourth-order valence-electron chi connectivity index (χ4n) is 2.73. The number of halogens is 2. The molecular weight excluding hydrogens is 397 g/mol. The van der Waals surface area contributed by atoms with Gasteiger partial charge < -0.3 is 14.9 Å². The number of Topliss-reactive ketones (excluding diaryl/α,β-unsaturated/α-hetero) is 1. The molecule has 29 heavy (non-hydrogen) atoms. The van der Waals surface area contributed by atoms with Crippen LogP contribution in [-0.2, 0) is 17.6 Å². The van der Waals surface area contributed by atoms with E-state index in [9.17, 15) is 9.18 Å². The van der Waals surface area contributed by atoms with E-state index in [1.165, 1.54) is 13.0 Å². The van der Waals surface area contributed by atoms with Crippen molar-refractivity contribution < 1.29 is 18.3 Å². The van der Waals surface area contributed by atoms with E-state index in [0.29, 0.717) is 29.5 Å². The highest BCUT2D eigenvalue weighted by molar-refractivity contribution is 6.30. The molecule has 0 bridgehead atoms. The summed E-state index contributed by atoms with van der Waals surface area (Å²) < 4.78 is 25.7. The van der Waals surface area contributed by atoms with Crippen LogP contribution in [0.4, 0.5) is 4.39 Å². The van der Waals surface area contributed by atoms with Crippen LogP contribution in [-0.4, -0.2) is 28.6 Å². The van der Waals surface area contributed by atoms with Crippen molar-refractivity contribution in [1.29, 1.82) is 0 Å². The Morgan fingerprint density at radius 3 is 2.59 bits per heavy atom. The third-order valence-electron chi connectivity index (χ3n) is 4.44. The van der Waals surface area contributed by atoms with E-state index in [0.717, 1.165) is 11.1 Å². The minimum atomic E-state index is -0.777. The first kappa shape index (κ1) is 21.0. The van der Waals surface area contributed by atoms with Gasteiger partial charge in [-0.2, -0.15) is 0 Å². The van der Waals surface area contributed by atoms with Crippen LogP contribution in [0.3, 0.4) is 0 Å². The van der Waals surface area contributed by atoms with Gasteiger partial charge >= 0.3 is 0 Å². The first-order valence-corrected chi connectivity index (χ1v) is 9.47. The lowest BCUT2D eigenvalue weighted by atomic mass is 10.0. The molecule has 1 aromatic heterocycles. The quantitative estimate of drug-likeness (QED) is 0.597. The number of carbonyl (C=O) groups excluding carboxylic acids is 1. The largest absolute Gasteiger partial charge is 0.491 e. The van der Waals surface area contributed by atoms with Crippen LogP contribution < -0.4 is 10.5 Å². The van der Waals surface area contributed by atoms with Gasteiger partial charge in [-0.25, -0.2) is 4.39 Å². The van der Waals surface area contributed by atoms with E-state index in [1.54, 1.807) is 13.0 Å². The van der Waals surface area contributed by atoms with E-state index in [2.05, 4.69) is 10.2 Å². The molecule has 0 saturated carbocycles. The number of hydrogen-bond donors (Lipinski definition) is 1. The summed E-state index contributed by atoms with van der Waals surface area (Å²) in [6.07, 6.45) is 1.24. The van der Waals surface area contributed by atoms with Gasteiger partial charge in [0.25, 0.3) is 5.89 Å². The first-order chi connectivity index (χ1) is 13.8. The highest BCUT2D eigenvalue weighted by atomic mass is 35.5. The third-order valence-corrected chi connectivity index (χ3v) is 4.70. The Hall–Kier alpha value is -2.77. The average molecular weight is 418 g/mol. The number of carbonyl (C=O) groups is 1. The monoisotopic (exact) mass is 417 g/mol. The minimum Gasteiger partial charge on any atom is -0.491 e. The Morgan fingerprint density at radius 2 is 1.97 bits per heavy atom. The summed E-state index contributed by atoms with van der Waals surface area (Å²) in [7, 11) is 0. The van der Waals surface area contributed by atoms with Gasteiger partial charge in [0, 0.05) is 18.0 Å². The topological polar surface area (TPSA) is 91.2 Å². The van der Waals surface area contributed by atoms with E-state index in [-0.39, 0.29) is 23.8 Å². The van der Waals surface area contributed by atoms with Crippen molar-refractivity contribution in [2.24, 2.45) is 5.73 Å². The number of aromatic nitrogens is 2. The lowest BCUT2D eigenvalue weighted by Gasteiger charge is -2.15. The molecule has 1 atom stereocenters. The van der Waals surface area contributed by atoms with Crippen LogP contribution in [0.2, 0.25) is 5.02 Å². The van der Waals surface area contributed by atoms with Crippen molar-refractivity contribution >= 4 is 17.4 Å². The summed E-state index contributed by atoms with van der Waals surface area (Å²) in [5.41, 5.74) is 7.74. The van der Waals surface area contributed by atoms with Crippen molar-refractivity contribution in [1.82, 2.24) is 10.2 Å². The second-order valence-corrected chi connectivity index (χ2v) is 7.16. The zero-order valence-electron chi connectivity index (χ0n) is 16.1. The summed E-state index contributed by atoms with van der Waals surface area (Å²) in [5.74, 6) is 0.00387. The highest BCUT2D eigenvalue weighted by Gasteiger charge is 2.18. The number of hydrogen-bond acceptors (Lipinski definition) is 6. The molecule has 0 amide bonds. The summed E-state index contributed by atoms with van der Waals surface area (Å²) in [4.78, 5) is 11.4. The van der Waals surface area contributed by atoms with Crippen LogP contribution in [0.15, 0.2) is 40.8 Å².